The number of hydrogen-bond acceptors (Lipinski definition) is 4. The molecule has 4 nitrogen and oxygen atoms in total. The van der Waals surface area contributed by atoms with Crippen LogP contribution in [0.3, 0.4) is 0 Å². The molecule has 1 heterocycles. The van der Waals surface area contributed by atoms with Gasteiger partial charge in [-0.3, -0.25) is 0 Å². The lowest BCUT2D eigenvalue weighted by molar-refractivity contribution is 0.862. The highest BCUT2D eigenvalue weighted by atomic mass is 15.2. The van der Waals surface area contributed by atoms with Crippen LogP contribution < -0.4 is 10.6 Å². The normalized spacial score (nSPS) is 10.5. The van der Waals surface area contributed by atoms with Gasteiger partial charge in [0, 0.05) is 25.4 Å². The number of hydrogen-bond donors (Lipinski definition) is 1. The predicted octanol–water partition coefficient (Wildman–Crippen LogP) is 2.36. The summed E-state index contributed by atoms with van der Waals surface area (Å²) in [5.41, 5.74) is 9.24. The van der Waals surface area contributed by atoms with Crippen molar-refractivity contribution < 1.29 is 0 Å². The molecule has 100 valence electrons. The molecule has 0 aliphatic rings. The van der Waals surface area contributed by atoms with Gasteiger partial charge in [0.25, 0.3) is 0 Å². The Balaban J connectivity index is 2.29. The van der Waals surface area contributed by atoms with Gasteiger partial charge < -0.3 is 10.6 Å². The van der Waals surface area contributed by atoms with Crippen molar-refractivity contribution in [3.05, 3.63) is 47.4 Å². The van der Waals surface area contributed by atoms with Gasteiger partial charge in [-0.2, -0.15) is 0 Å². The molecule has 0 radical (unpaired) electrons. The average Bonchev–Trinajstić information content (AvgIpc) is 2.42. The van der Waals surface area contributed by atoms with Gasteiger partial charge in [0.15, 0.2) is 0 Å². The number of aromatic nitrogens is 2. The van der Waals surface area contributed by atoms with Gasteiger partial charge in [-0.15, -0.1) is 0 Å². The van der Waals surface area contributed by atoms with Gasteiger partial charge in [-0.25, -0.2) is 9.97 Å². The molecule has 2 aromatic rings. The van der Waals surface area contributed by atoms with E-state index in [-0.39, 0.29) is 0 Å². The summed E-state index contributed by atoms with van der Waals surface area (Å²) >= 11 is 0. The quantitative estimate of drug-likeness (QED) is 0.912. The Labute approximate surface area is 114 Å². The van der Waals surface area contributed by atoms with Gasteiger partial charge in [0.2, 0.25) is 0 Å². The zero-order valence-corrected chi connectivity index (χ0v) is 11.7. The molecule has 0 atom stereocenters. The van der Waals surface area contributed by atoms with E-state index < -0.39 is 0 Å². The molecule has 0 aliphatic heterocycles. The first-order valence-corrected chi connectivity index (χ1v) is 6.45. The first-order valence-electron chi connectivity index (χ1n) is 6.45. The molecule has 0 spiro atoms. The molecule has 0 saturated carbocycles. The largest absolute Gasteiger partial charge is 0.330 e. The number of nitrogens with two attached hydrogens (primary N) is 1. The van der Waals surface area contributed by atoms with E-state index in [4.69, 9.17) is 5.73 Å². The minimum absolute atomic E-state index is 0.566. The van der Waals surface area contributed by atoms with Gasteiger partial charge >= 0.3 is 0 Å². The molecule has 0 fully saturated rings. The second-order valence-corrected chi connectivity index (χ2v) is 4.70. The van der Waals surface area contributed by atoms with E-state index in [9.17, 15) is 0 Å². The van der Waals surface area contributed by atoms with Crippen LogP contribution in [0.2, 0.25) is 0 Å². The van der Waals surface area contributed by atoms with Gasteiger partial charge in [-0.1, -0.05) is 6.07 Å². The summed E-state index contributed by atoms with van der Waals surface area (Å²) in [6.07, 6.45) is 2.49. The van der Waals surface area contributed by atoms with Crippen LogP contribution in [-0.2, 0) is 6.42 Å². The number of aryl methyl sites for hydroxylation is 2. The first-order chi connectivity index (χ1) is 9.11. The molecule has 2 rings (SSSR count). The maximum Gasteiger partial charge on any atom is 0.136 e. The zero-order valence-electron chi connectivity index (χ0n) is 11.7. The van der Waals surface area contributed by atoms with Crippen molar-refractivity contribution in [1.29, 1.82) is 0 Å². The highest BCUT2D eigenvalue weighted by Crippen LogP contribution is 2.23. The van der Waals surface area contributed by atoms with E-state index in [1.165, 1.54) is 11.1 Å². The number of rotatable bonds is 4. The van der Waals surface area contributed by atoms with Crippen LogP contribution in [0.1, 0.15) is 17.0 Å². The van der Waals surface area contributed by atoms with Crippen LogP contribution in [0.25, 0.3) is 0 Å². The lowest BCUT2D eigenvalue weighted by Gasteiger charge is -2.19. The third kappa shape index (κ3) is 3.09. The molecule has 4 heteroatoms. The van der Waals surface area contributed by atoms with Crippen molar-refractivity contribution in [3.8, 4) is 0 Å². The molecular weight excluding hydrogens is 236 g/mol. The minimum atomic E-state index is 0.566. The Hall–Kier alpha value is -1.94. The second-order valence-electron chi connectivity index (χ2n) is 4.70. The highest BCUT2D eigenvalue weighted by Gasteiger charge is 2.07. The SMILES string of the molecule is Cc1ccc(N(C)c2ccnc(CCN)n2)cc1C. The molecular formula is C15H20N4. The standard InChI is InChI=1S/C15H20N4/c1-11-4-5-13(10-12(11)2)19(3)15-7-9-17-14(18-15)6-8-16/h4-5,7,9-10H,6,8,16H2,1-3H3. The predicted molar refractivity (Wildman–Crippen MR) is 78.8 cm³/mol. The number of benzene rings is 1. The van der Waals surface area contributed by atoms with Crippen molar-refractivity contribution in [3.63, 3.8) is 0 Å². The average molecular weight is 256 g/mol. The van der Waals surface area contributed by atoms with E-state index in [1.807, 2.05) is 13.1 Å². The third-order valence-electron chi connectivity index (χ3n) is 3.28. The lowest BCUT2D eigenvalue weighted by atomic mass is 10.1. The summed E-state index contributed by atoms with van der Waals surface area (Å²) in [5.74, 6) is 1.68. The number of nitrogens with zero attached hydrogens (tertiary/aromatic N) is 3. The van der Waals surface area contributed by atoms with Gasteiger partial charge in [0.05, 0.1) is 0 Å². The molecule has 0 unspecified atom stereocenters. The van der Waals surface area contributed by atoms with Crippen molar-refractivity contribution >= 4 is 11.5 Å². The summed E-state index contributed by atoms with van der Waals surface area (Å²) in [7, 11) is 2.01. The van der Waals surface area contributed by atoms with Crippen LogP contribution in [0.15, 0.2) is 30.5 Å². The molecule has 2 N–H and O–H groups in total. The van der Waals surface area contributed by atoms with E-state index in [1.54, 1.807) is 6.20 Å². The number of anilines is 2. The van der Waals surface area contributed by atoms with Crippen LogP contribution in [0.4, 0.5) is 11.5 Å². The molecule has 1 aromatic carbocycles. The Morgan fingerprint density at radius 1 is 1.16 bits per heavy atom. The summed E-state index contributed by atoms with van der Waals surface area (Å²) in [6.45, 7) is 4.80. The van der Waals surface area contributed by atoms with E-state index in [0.717, 1.165) is 17.3 Å². The zero-order chi connectivity index (χ0) is 13.8. The third-order valence-corrected chi connectivity index (χ3v) is 3.28. The van der Waals surface area contributed by atoms with Crippen LogP contribution in [0, 0.1) is 13.8 Å². The smallest absolute Gasteiger partial charge is 0.136 e. The summed E-state index contributed by atoms with van der Waals surface area (Å²) in [5, 5.41) is 0. The highest BCUT2D eigenvalue weighted by molar-refractivity contribution is 5.60. The summed E-state index contributed by atoms with van der Waals surface area (Å²) in [4.78, 5) is 10.8. The topological polar surface area (TPSA) is 55.0 Å². The van der Waals surface area contributed by atoms with E-state index in [0.29, 0.717) is 13.0 Å². The van der Waals surface area contributed by atoms with Gasteiger partial charge in [0.1, 0.15) is 11.6 Å². The van der Waals surface area contributed by atoms with E-state index in [2.05, 4.69) is 46.9 Å². The monoisotopic (exact) mass is 256 g/mol. The van der Waals surface area contributed by atoms with Crippen LogP contribution in [0.5, 0.6) is 0 Å². The summed E-state index contributed by atoms with van der Waals surface area (Å²) < 4.78 is 0. The molecule has 0 aliphatic carbocycles. The Morgan fingerprint density at radius 3 is 2.63 bits per heavy atom. The van der Waals surface area contributed by atoms with Crippen molar-refractivity contribution in [1.82, 2.24) is 9.97 Å². The Bertz CT molecular complexity index is 566. The van der Waals surface area contributed by atoms with Gasteiger partial charge in [-0.05, 0) is 49.7 Å². The minimum Gasteiger partial charge on any atom is -0.330 e. The van der Waals surface area contributed by atoms with Crippen LogP contribution in [-0.4, -0.2) is 23.6 Å². The maximum absolute atomic E-state index is 5.54. The molecule has 1 aromatic heterocycles. The fraction of sp³-hybridized carbons (Fsp3) is 0.333. The second kappa shape index (κ2) is 5.80. The fourth-order valence-electron chi connectivity index (χ4n) is 1.89. The fourth-order valence-corrected chi connectivity index (χ4v) is 1.89. The van der Waals surface area contributed by atoms with E-state index >= 15 is 0 Å². The van der Waals surface area contributed by atoms with Crippen molar-refractivity contribution in [2.24, 2.45) is 5.73 Å². The Kier molecular flexibility index (Phi) is 4.12. The van der Waals surface area contributed by atoms with Crippen molar-refractivity contribution in [2.75, 3.05) is 18.5 Å². The lowest BCUT2D eigenvalue weighted by Crippen LogP contribution is -2.14. The maximum atomic E-state index is 5.54. The molecule has 0 amide bonds. The first kappa shape index (κ1) is 13.5. The summed E-state index contributed by atoms with van der Waals surface area (Å²) in [6, 6.07) is 8.31. The molecule has 0 bridgehead atoms. The van der Waals surface area contributed by atoms with Crippen molar-refractivity contribution in [2.45, 2.75) is 20.3 Å². The molecule has 0 saturated heterocycles. The molecule has 19 heavy (non-hydrogen) atoms. The van der Waals surface area contributed by atoms with Crippen LogP contribution >= 0.6 is 0 Å². The Morgan fingerprint density at radius 2 is 1.95 bits per heavy atom.